The molecule has 7 heteroatoms. The fourth-order valence-corrected chi connectivity index (χ4v) is 2.43. The van der Waals surface area contributed by atoms with Gasteiger partial charge in [0.05, 0.1) is 21.6 Å². The number of nitrogens with zero attached hydrogens (tertiary/aromatic N) is 2. The zero-order valence-corrected chi connectivity index (χ0v) is 11.1. The zero-order valence-electron chi connectivity index (χ0n) is 9.47. The Labute approximate surface area is 111 Å². The van der Waals surface area contributed by atoms with Crippen LogP contribution in [0.5, 0.6) is 0 Å². The molecule has 0 aliphatic carbocycles. The van der Waals surface area contributed by atoms with Crippen molar-refractivity contribution in [2.45, 2.75) is 18.9 Å². The van der Waals surface area contributed by atoms with Crippen molar-refractivity contribution in [2.24, 2.45) is 0 Å². The Morgan fingerprint density at radius 2 is 2.28 bits per heavy atom. The molecule has 1 atom stereocenters. The lowest BCUT2D eigenvalue weighted by atomic mass is 10.1. The van der Waals surface area contributed by atoms with Crippen LogP contribution in [0.2, 0.25) is 0 Å². The topological polar surface area (TPSA) is 66.6 Å². The number of anilines is 1. The molecule has 1 aliphatic rings. The van der Waals surface area contributed by atoms with Gasteiger partial charge in [0.25, 0.3) is 5.69 Å². The Hall–Kier alpha value is -1.21. The molecule has 5 nitrogen and oxygen atoms in total. The monoisotopic (exact) mass is 318 g/mol. The maximum Gasteiger partial charge on any atom is 0.295 e. The molecule has 1 N–H and O–H groups in total. The normalized spacial score (nSPS) is 19.9. The highest BCUT2D eigenvalue weighted by atomic mass is 79.9. The third kappa shape index (κ3) is 2.62. The summed E-state index contributed by atoms with van der Waals surface area (Å²) in [7, 11) is 0. The summed E-state index contributed by atoms with van der Waals surface area (Å²) in [4.78, 5) is 12.1. The highest BCUT2D eigenvalue weighted by Gasteiger charge is 2.26. The predicted molar refractivity (Wildman–Crippen MR) is 68.2 cm³/mol. The Kier molecular flexibility index (Phi) is 3.82. The molecular formula is C11H12BrFN2O3. The van der Waals surface area contributed by atoms with Gasteiger partial charge in [0.2, 0.25) is 0 Å². The number of benzene rings is 1. The number of piperidine rings is 1. The number of rotatable bonds is 2. The Morgan fingerprint density at radius 3 is 2.89 bits per heavy atom. The molecule has 0 bridgehead atoms. The zero-order chi connectivity index (χ0) is 13.3. The van der Waals surface area contributed by atoms with Crippen molar-refractivity contribution >= 4 is 27.3 Å². The van der Waals surface area contributed by atoms with Crippen molar-refractivity contribution in [2.75, 3.05) is 18.0 Å². The average Bonchev–Trinajstić information content (AvgIpc) is 2.31. The van der Waals surface area contributed by atoms with Crippen LogP contribution in [0.4, 0.5) is 15.8 Å². The fraction of sp³-hybridized carbons (Fsp3) is 0.455. The molecule has 1 unspecified atom stereocenters. The molecule has 0 saturated carbocycles. The molecule has 2 rings (SSSR count). The molecule has 98 valence electrons. The van der Waals surface area contributed by atoms with E-state index in [0.29, 0.717) is 25.2 Å². The van der Waals surface area contributed by atoms with Gasteiger partial charge in [-0.15, -0.1) is 0 Å². The number of nitro benzene ring substituents is 1. The van der Waals surface area contributed by atoms with Crippen LogP contribution < -0.4 is 4.90 Å². The van der Waals surface area contributed by atoms with Gasteiger partial charge in [0, 0.05) is 13.1 Å². The Morgan fingerprint density at radius 1 is 1.56 bits per heavy atom. The number of hydrogen-bond donors (Lipinski definition) is 1. The summed E-state index contributed by atoms with van der Waals surface area (Å²) in [6, 6.07) is 2.30. The van der Waals surface area contributed by atoms with Crippen molar-refractivity contribution in [1.82, 2.24) is 0 Å². The molecule has 0 aromatic heterocycles. The second-order valence-corrected chi connectivity index (χ2v) is 5.11. The van der Waals surface area contributed by atoms with E-state index in [1.165, 1.54) is 6.07 Å². The molecule has 1 aromatic rings. The van der Waals surface area contributed by atoms with Crippen LogP contribution in [0.15, 0.2) is 16.6 Å². The van der Waals surface area contributed by atoms with Crippen LogP contribution >= 0.6 is 15.9 Å². The largest absolute Gasteiger partial charge is 0.391 e. The Bertz CT molecular complexity index is 484. The van der Waals surface area contributed by atoms with E-state index in [1.54, 1.807) is 4.90 Å². The van der Waals surface area contributed by atoms with E-state index in [-0.39, 0.29) is 10.2 Å². The number of aliphatic hydroxyl groups is 1. The lowest BCUT2D eigenvalue weighted by molar-refractivity contribution is -0.384. The minimum absolute atomic E-state index is 0.183. The van der Waals surface area contributed by atoms with Crippen LogP contribution in [-0.2, 0) is 0 Å². The van der Waals surface area contributed by atoms with Gasteiger partial charge in [-0.1, -0.05) is 0 Å². The summed E-state index contributed by atoms with van der Waals surface area (Å²) >= 11 is 3.02. The van der Waals surface area contributed by atoms with Crippen molar-refractivity contribution in [1.29, 1.82) is 0 Å². The molecule has 0 radical (unpaired) electrons. The van der Waals surface area contributed by atoms with Crippen LogP contribution in [0.1, 0.15) is 12.8 Å². The summed E-state index contributed by atoms with van der Waals surface area (Å²) in [5, 5.41) is 20.5. The average molecular weight is 319 g/mol. The van der Waals surface area contributed by atoms with Gasteiger partial charge in [0.1, 0.15) is 11.5 Å². The molecule has 18 heavy (non-hydrogen) atoms. The van der Waals surface area contributed by atoms with E-state index >= 15 is 0 Å². The molecule has 1 aromatic carbocycles. The third-order valence-electron chi connectivity index (χ3n) is 2.95. The number of hydrogen-bond acceptors (Lipinski definition) is 4. The first-order valence-electron chi connectivity index (χ1n) is 5.55. The highest BCUT2D eigenvalue weighted by molar-refractivity contribution is 9.10. The number of aliphatic hydroxyl groups excluding tert-OH is 1. The highest BCUT2D eigenvalue weighted by Crippen LogP contribution is 2.34. The number of nitro groups is 1. The summed E-state index contributed by atoms with van der Waals surface area (Å²) in [6.07, 6.45) is 0.946. The molecule has 1 aliphatic heterocycles. The number of β-amino-alcohol motifs (C(OH)–C–C–N with tert-alkyl or cyclic N) is 1. The summed E-state index contributed by atoms with van der Waals surface area (Å²) in [5.41, 5.74) is 0.0665. The van der Waals surface area contributed by atoms with Crippen molar-refractivity contribution in [3.05, 3.63) is 32.5 Å². The summed E-state index contributed by atoms with van der Waals surface area (Å²) in [6.45, 7) is 0.953. The van der Waals surface area contributed by atoms with Gasteiger partial charge in [-0.2, -0.15) is 0 Å². The predicted octanol–water partition coefficient (Wildman–Crippen LogP) is 2.46. The molecule has 1 saturated heterocycles. The van der Waals surface area contributed by atoms with Gasteiger partial charge in [0.15, 0.2) is 0 Å². The second-order valence-electron chi connectivity index (χ2n) is 4.25. The van der Waals surface area contributed by atoms with Gasteiger partial charge >= 0.3 is 0 Å². The first-order chi connectivity index (χ1) is 8.49. The van der Waals surface area contributed by atoms with Crippen LogP contribution in [0.3, 0.4) is 0 Å². The van der Waals surface area contributed by atoms with Crippen molar-refractivity contribution < 1.29 is 14.4 Å². The second kappa shape index (κ2) is 5.19. The van der Waals surface area contributed by atoms with Gasteiger partial charge in [-0.25, -0.2) is 4.39 Å². The third-order valence-corrected chi connectivity index (χ3v) is 3.56. The van der Waals surface area contributed by atoms with Crippen molar-refractivity contribution in [3.63, 3.8) is 0 Å². The fourth-order valence-electron chi connectivity index (χ4n) is 2.10. The van der Waals surface area contributed by atoms with E-state index in [1.807, 2.05) is 0 Å². The first-order valence-corrected chi connectivity index (χ1v) is 6.35. The van der Waals surface area contributed by atoms with E-state index < -0.39 is 16.8 Å². The minimum atomic E-state index is -0.664. The maximum absolute atomic E-state index is 13.3. The quantitative estimate of drug-likeness (QED) is 0.672. The van der Waals surface area contributed by atoms with E-state index in [2.05, 4.69) is 15.9 Å². The van der Waals surface area contributed by atoms with Crippen molar-refractivity contribution in [3.8, 4) is 0 Å². The van der Waals surface area contributed by atoms with E-state index in [9.17, 15) is 19.6 Å². The molecular weight excluding hydrogens is 307 g/mol. The molecule has 1 heterocycles. The standard InChI is InChI=1S/C11H12BrFN2O3/c12-8-4-10(11(15(17)18)5-9(8)13)14-3-1-2-7(16)6-14/h4-5,7,16H,1-3,6H2. The van der Waals surface area contributed by atoms with Crippen LogP contribution in [0.25, 0.3) is 0 Å². The smallest absolute Gasteiger partial charge is 0.295 e. The van der Waals surface area contributed by atoms with Crippen LogP contribution in [0, 0.1) is 15.9 Å². The van der Waals surface area contributed by atoms with Gasteiger partial charge in [-0.3, -0.25) is 10.1 Å². The summed E-state index contributed by atoms with van der Waals surface area (Å²) in [5.74, 6) is -0.664. The number of halogens is 2. The lowest BCUT2D eigenvalue weighted by Crippen LogP contribution is -2.38. The molecule has 0 amide bonds. The maximum atomic E-state index is 13.3. The first kappa shape index (κ1) is 13.2. The van der Waals surface area contributed by atoms with E-state index in [0.717, 1.165) is 12.5 Å². The Balaban J connectivity index is 2.41. The minimum Gasteiger partial charge on any atom is -0.391 e. The lowest BCUT2D eigenvalue weighted by Gasteiger charge is -2.31. The van der Waals surface area contributed by atoms with Gasteiger partial charge in [-0.05, 0) is 34.8 Å². The molecule has 0 spiro atoms. The summed E-state index contributed by atoms with van der Waals surface area (Å²) < 4.78 is 13.5. The SMILES string of the molecule is O=[N+]([O-])c1cc(F)c(Br)cc1N1CCCC(O)C1. The molecule has 1 fully saturated rings. The van der Waals surface area contributed by atoms with E-state index in [4.69, 9.17) is 0 Å². The van der Waals surface area contributed by atoms with Gasteiger partial charge < -0.3 is 10.0 Å². The van der Waals surface area contributed by atoms with Crippen LogP contribution in [-0.4, -0.2) is 29.2 Å².